The van der Waals surface area contributed by atoms with E-state index in [1.165, 1.54) is 6.92 Å². The molecule has 0 unspecified atom stereocenters. The van der Waals surface area contributed by atoms with Gasteiger partial charge in [0.2, 0.25) is 0 Å². The average Bonchev–Trinajstić information content (AvgIpc) is 2.93. The monoisotopic (exact) mass is 257 g/mol. The molecule has 0 amide bonds. The number of hydrogen-bond donors (Lipinski definition) is 0. The fourth-order valence-electron chi connectivity index (χ4n) is 1.96. The molecule has 4 heteroatoms. The maximum Gasteiger partial charge on any atom is 0.308 e. The quantitative estimate of drug-likeness (QED) is 0.657. The Morgan fingerprint density at radius 1 is 1.28 bits per heavy atom. The lowest BCUT2D eigenvalue weighted by atomic mass is 10.1. The average molecular weight is 257 g/mol. The van der Waals surface area contributed by atoms with Crippen LogP contribution in [0.1, 0.15) is 6.92 Å². The SMILES string of the molecule is CC(=O)Oc1cc(-c2ccccc2)n2ccsc12. The molecule has 2 heterocycles. The van der Waals surface area contributed by atoms with Gasteiger partial charge < -0.3 is 9.14 Å². The predicted molar refractivity (Wildman–Crippen MR) is 72.0 cm³/mol. The number of benzene rings is 1. The number of ether oxygens (including phenoxy) is 1. The molecule has 0 N–H and O–H groups in total. The zero-order valence-corrected chi connectivity index (χ0v) is 10.6. The molecule has 0 radical (unpaired) electrons. The van der Waals surface area contributed by atoms with Gasteiger partial charge in [0.1, 0.15) is 4.83 Å². The lowest BCUT2D eigenvalue weighted by Crippen LogP contribution is -2.00. The van der Waals surface area contributed by atoms with Crippen LogP contribution in [0.15, 0.2) is 48.0 Å². The Bertz CT molecular complexity index is 697. The van der Waals surface area contributed by atoms with E-state index in [1.807, 2.05) is 52.4 Å². The van der Waals surface area contributed by atoms with Gasteiger partial charge in [-0.3, -0.25) is 4.79 Å². The Morgan fingerprint density at radius 2 is 2.06 bits per heavy atom. The summed E-state index contributed by atoms with van der Waals surface area (Å²) in [6, 6.07) is 11.9. The maximum absolute atomic E-state index is 11.1. The summed E-state index contributed by atoms with van der Waals surface area (Å²) in [5.41, 5.74) is 2.13. The van der Waals surface area contributed by atoms with E-state index in [0.29, 0.717) is 5.75 Å². The van der Waals surface area contributed by atoms with E-state index in [9.17, 15) is 4.79 Å². The van der Waals surface area contributed by atoms with E-state index in [1.54, 1.807) is 11.3 Å². The molecule has 0 fully saturated rings. The van der Waals surface area contributed by atoms with Gasteiger partial charge in [0.25, 0.3) is 0 Å². The third-order valence-corrected chi connectivity index (χ3v) is 3.55. The van der Waals surface area contributed by atoms with Crippen LogP contribution in [0.25, 0.3) is 16.1 Å². The summed E-state index contributed by atoms with van der Waals surface area (Å²) in [5, 5.41) is 1.98. The van der Waals surface area contributed by atoms with Crippen LogP contribution in [0.5, 0.6) is 5.75 Å². The van der Waals surface area contributed by atoms with Gasteiger partial charge in [-0.2, -0.15) is 0 Å². The second kappa shape index (κ2) is 4.31. The molecular weight excluding hydrogens is 246 g/mol. The first kappa shape index (κ1) is 11.0. The molecular formula is C14H11NO2S. The summed E-state index contributed by atoms with van der Waals surface area (Å²) >= 11 is 1.56. The van der Waals surface area contributed by atoms with E-state index in [4.69, 9.17) is 4.74 Å². The molecule has 0 aliphatic rings. The van der Waals surface area contributed by atoms with Crippen molar-refractivity contribution in [2.24, 2.45) is 0 Å². The number of carbonyl (C=O) groups excluding carboxylic acids is 1. The first-order chi connectivity index (χ1) is 8.75. The van der Waals surface area contributed by atoms with E-state index in [-0.39, 0.29) is 5.97 Å². The molecule has 0 saturated heterocycles. The van der Waals surface area contributed by atoms with Crippen molar-refractivity contribution in [2.75, 3.05) is 0 Å². The van der Waals surface area contributed by atoms with E-state index in [0.717, 1.165) is 16.1 Å². The smallest absolute Gasteiger partial charge is 0.308 e. The van der Waals surface area contributed by atoms with E-state index in [2.05, 4.69) is 0 Å². The molecule has 0 spiro atoms. The van der Waals surface area contributed by atoms with Crippen molar-refractivity contribution in [1.82, 2.24) is 4.40 Å². The summed E-state index contributed by atoms with van der Waals surface area (Å²) in [7, 11) is 0. The van der Waals surface area contributed by atoms with Crippen molar-refractivity contribution >= 4 is 22.1 Å². The standard InChI is InChI=1S/C14H11NO2S/c1-10(16)17-13-9-12(11-5-3-2-4-6-11)15-7-8-18-14(13)15/h2-9H,1H3. The van der Waals surface area contributed by atoms with Crippen molar-refractivity contribution in [1.29, 1.82) is 0 Å². The molecule has 18 heavy (non-hydrogen) atoms. The van der Waals surface area contributed by atoms with Crippen molar-refractivity contribution in [3.63, 3.8) is 0 Å². The highest BCUT2D eigenvalue weighted by Crippen LogP contribution is 2.34. The van der Waals surface area contributed by atoms with Gasteiger partial charge in [-0.1, -0.05) is 30.3 Å². The minimum Gasteiger partial charge on any atom is -0.423 e. The van der Waals surface area contributed by atoms with E-state index < -0.39 is 0 Å². The Kier molecular flexibility index (Phi) is 2.64. The number of hydrogen-bond acceptors (Lipinski definition) is 3. The summed E-state index contributed by atoms with van der Waals surface area (Å²) in [4.78, 5) is 12.0. The minimum absolute atomic E-state index is 0.296. The fourth-order valence-corrected chi connectivity index (χ4v) is 2.76. The molecule has 3 aromatic rings. The van der Waals surface area contributed by atoms with Crippen molar-refractivity contribution < 1.29 is 9.53 Å². The summed E-state index contributed by atoms with van der Waals surface area (Å²) in [6.45, 7) is 1.42. The highest BCUT2D eigenvalue weighted by Gasteiger charge is 2.13. The normalized spacial score (nSPS) is 10.7. The zero-order valence-electron chi connectivity index (χ0n) is 9.79. The van der Waals surface area contributed by atoms with Crippen LogP contribution in [0.2, 0.25) is 0 Å². The zero-order chi connectivity index (χ0) is 12.5. The molecule has 0 aliphatic heterocycles. The molecule has 3 nitrogen and oxygen atoms in total. The Morgan fingerprint density at radius 3 is 2.78 bits per heavy atom. The predicted octanol–water partition coefficient (Wildman–Crippen LogP) is 3.59. The first-order valence-corrected chi connectivity index (χ1v) is 6.46. The fraction of sp³-hybridized carbons (Fsp3) is 0.0714. The highest BCUT2D eigenvalue weighted by molar-refractivity contribution is 7.16. The van der Waals surface area contributed by atoms with E-state index >= 15 is 0 Å². The van der Waals surface area contributed by atoms with Gasteiger partial charge in [0.05, 0.1) is 5.69 Å². The van der Waals surface area contributed by atoms with Crippen molar-refractivity contribution in [2.45, 2.75) is 6.92 Å². The second-order valence-corrected chi connectivity index (χ2v) is 4.83. The summed E-state index contributed by atoms with van der Waals surface area (Å²) in [6.07, 6.45) is 1.98. The molecule has 1 aromatic carbocycles. The Balaban J connectivity index is 2.18. The molecule has 0 saturated carbocycles. The van der Waals surface area contributed by atoms with Gasteiger partial charge in [0.15, 0.2) is 5.75 Å². The summed E-state index contributed by atoms with van der Waals surface area (Å²) < 4.78 is 7.28. The van der Waals surface area contributed by atoms with Crippen LogP contribution < -0.4 is 4.74 Å². The number of thiazole rings is 1. The highest BCUT2D eigenvalue weighted by atomic mass is 32.1. The Labute approximate surface area is 108 Å². The number of fused-ring (bicyclic) bond motifs is 1. The largest absolute Gasteiger partial charge is 0.423 e. The molecule has 0 bridgehead atoms. The van der Waals surface area contributed by atoms with Crippen LogP contribution in [-0.4, -0.2) is 10.4 Å². The first-order valence-electron chi connectivity index (χ1n) is 5.58. The minimum atomic E-state index is -0.296. The summed E-state index contributed by atoms with van der Waals surface area (Å²) in [5.74, 6) is 0.326. The maximum atomic E-state index is 11.1. The van der Waals surface area contributed by atoms with Crippen LogP contribution in [0.3, 0.4) is 0 Å². The van der Waals surface area contributed by atoms with Gasteiger partial charge in [-0.25, -0.2) is 0 Å². The third-order valence-electron chi connectivity index (χ3n) is 2.67. The molecule has 0 aliphatic carbocycles. The third kappa shape index (κ3) is 1.80. The van der Waals surface area contributed by atoms with Gasteiger partial charge in [-0.05, 0) is 5.56 Å². The number of nitrogens with zero attached hydrogens (tertiary/aromatic N) is 1. The lowest BCUT2D eigenvalue weighted by molar-refractivity contribution is -0.131. The van der Waals surface area contributed by atoms with Gasteiger partial charge in [0, 0.05) is 24.6 Å². The second-order valence-electron chi connectivity index (χ2n) is 3.93. The molecule has 0 atom stereocenters. The van der Waals surface area contributed by atoms with Crippen LogP contribution in [0, 0.1) is 0 Å². The van der Waals surface area contributed by atoms with Crippen LogP contribution in [-0.2, 0) is 4.79 Å². The molecule has 2 aromatic heterocycles. The molecule has 90 valence electrons. The number of carbonyl (C=O) groups is 1. The molecule has 3 rings (SSSR count). The topological polar surface area (TPSA) is 30.7 Å². The van der Waals surface area contributed by atoms with Crippen LogP contribution >= 0.6 is 11.3 Å². The number of rotatable bonds is 2. The number of esters is 1. The Hall–Kier alpha value is -2.07. The van der Waals surface area contributed by atoms with Gasteiger partial charge >= 0.3 is 5.97 Å². The van der Waals surface area contributed by atoms with Crippen LogP contribution in [0.4, 0.5) is 0 Å². The number of aromatic nitrogens is 1. The lowest BCUT2D eigenvalue weighted by Gasteiger charge is -1.98. The van der Waals surface area contributed by atoms with Crippen molar-refractivity contribution in [3.8, 4) is 17.0 Å². The van der Waals surface area contributed by atoms with Gasteiger partial charge in [-0.15, -0.1) is 11.3 Å². The van der Waals surface area contributed by atoms with Crippen molar-refractivity contribution in [3.05, 3.63) is 48.0 Å².